The second-order valence-electron chi connectivity index (χ2n) is 3.91. The summed E-state index contributed by atoms with van der Waals surface area (Å²) in [4.78, 5) is 2.05. The van der Waals surface area contributed by atoms with E-state index in [4.69, 9.17) is 4.74 Å². The molecule has 0 heterocycles. The third-order valence-electron chi connectivity index (χ3n) is 2.75. The van der Waals surface area contributed by atoms with Gasteiger partial charge in [0.15, 0.2) is 0 Å². The molecule has 0 atom stereocenters. The normalized spacial score (nSPS) is 11.6. The third kappa shape index (κ3) is 5.04. The molecule has 108 valence electrons. The highest BCUT2D eigenvalue weighted by atomic mass is 32.3. The van der Waals surface area contributed by atoms with Gasteiger partial charge in [-0.3, -0.25) is 4.90 Å². The van der Waals surface area contributed by atoms with E-state index in [9.17, 15) is 12.3 Å². The summed E-state index contributed by atoms with van der Waals surface area (Å²) in [6.45, 7) is 5.99. The van der Waals surface area contributed by atoms with E-state index in [1.807, 2.05) is 18.7 Å². The van der Waals surface area contributed by atoms with Gasteiger partial charge in [0.1, 0.15) is 11.5 Å². The highest BCUT2D eigenvalue weighted by molar-refractivity contribution is 7.81. The Labute approximate surface area is 113 Å². The molecule has 1 aromatic rings. The molecule has 0 fully saturated rings. The third-order valence-corrected chi connectivity index (χ3v) is 3.12. The van der Waals surface area contributed by atoms with Gasteiger partial charge in [0.2, 0.25) is 0 Å². The molecular weight excluding hydrogens is 273 g/mol. The largest absolute Gasteiger partial charge is 0.497 e. The molecule has 0 bridgehead atoms. The number of hydrogen-bond donors (Lipinski definition) is 0. The van der Waals surface area contributed by atoms with Crippen LogP contribution in [-0.2, 0) is 17.0 Å². The molecule has 0 radical (unpaired) electrons. The van der Waals surface area contributed by atoms with Gasteiger partial charge in [-0.05, 0) is 31.3 Å². The van der Waals surface area contributed by atoms with E-state index in [0.717, 1.165) is 13.1 Å². The van der Waals surface area contributed by atoms with E-state index in [-0.39, 0.29) is 5.75 Å². The van der Waals surface area contributed by atoms with Crippen molar-refractivity contribution in [3.8, 4) is 11.5 Å². The first-order valence-electron chi connectivity index (χ1n) is 5.93. The van der Waals surface area contributed by atoms with Crippen LogP contribution in [0.4, 0.5) is 3.89 Å². The maximum absolute atomic E-state index is 12.6. The van der Waals surface area contributed by atoms with E-state index in [1.165, 1.54) is 19.2 Å². The van der Waals surface area contributed by atoms with E-state index in [1.54, 1.807) is 6.07 Å². The van der Waals surface area contributed by atoms with Crippen LogP contribution in [-0.4, -0.2) is 33.5 Å². The maximum Gasteiger partial charge on any atom is 0.488 e. The molecule has 5 nitrogen and oxygen atoms in total. The number of rotatable bonds is 7. The zero-order valence-electron chi connectivity index (χ0n) is 11.2. The Morgan fingerprint density at radius 2 is 1.89 bits per heavy atom. The van der Waals surface area contributed by atoms with Crippen LogP contribution in [0.5, 0.6) is 11.5 Å². The predicted octanol–water partition coefficient (Wildman–Crippen LogP) is 2.13. The van der Waals surface area contributed by atoms with Crippen molar-refractivity contribution in [1.29, 1.82) is 0 Å². The van der Waals surface area contributed by atoms with Gasteiger partial charge in [0, 0.05) is 12.1 Å². The highest BCUT2D eigenvalue weighted by Gasteiger charge is 2.15. The van der Waals surface area contributed by atoms with Crippen molar-refractivity contribution >= 4 is 10.5 Å². The minimum absolute atomic E-state index is 0.0183. The van der Waals surface area contributed by atoms with E-state index >= 15 is 0 Å². The Bertz CT molecular complexity index is 514. The van der Waals surface area contributed by atoms with Crippen molar-refractivity contribution in [2.75, 3.05) is 20.2 Å². The smallest absolute Gasteiger partial charge is 0.488 e. The average Bonchev–Trinajstić information content (AvgIpc) is 2.35. The Kier molecular flexibility index (Phi) is 5.56. The molecule has 0 amide bonds. The van der Waals surface area contributed by atoms with Crippen LogP contribution < -0.4 is 8.92 Å². The summed E-state index contributed by atoms with van der Waals surface area (Å²) < 4.78 is 43.3. The molecule has 0 aliphatic rings. The lowest BCUT2D eigenvalue weighted by Gasteiger charge is -2.19. The summed E-state index contributed by atoms with van der Waals surface area (Å²) in [7, 11) is -3.52. The summed E-state index contributed by atoms with van der Waals surface area (Å²) in [5.74, 6) is 0.543. The van der Waals surface area contributed by atoms with Crippen molar-refractivity contribution in [3.63, 3.8) is 0 Å². The summed E-state index contributed by atoms with van der Waals surface area (Å²) in [5, 5.41) is 0. The lowest BCUT2D eigenvalue weighted by Crippen LogP contribution is -2.22. The van der Waals surface area contributed by atoms with Crippen LogP contribution in [0.25, 0.3) is 0 Å². The number of methoxy groups -OCH3 is 1. The fraction of sp³-hybridized carbons (Fsp3) is 0.500. The van der Waals surface area contributed by atoms with E-state index < -0.39 is 10.5 Å². The summed E-state index contributed by atoms with van der Waals surface area (Å²) >= 11 is 0. The number of ether oxygens (including phenoxy) is 1. The molecule has 0 spiro atoms. The Hall–Kier alpha value is -1.34. The fourth-order valence-electron chi connectivity index (χ4n) is 1.68. The first kappa shape index (κ1) is 15.7. The molecule has 7 heteroatoms. The minimum Gasteiger partial charge on any atom is -0.497 e. The SMILES string of the molecule is CCN(CC)Cc1cc(OC)ccc1OS(=O)(=O)F. The average molecular weight is 291 g/mol. The minimum atomic E-state index is -5.03. The topological polar surface area (TPSA) is 55.8 Å². The van der Waals surface area contributed by atoms with Crippen LogP contribution in [0.1, 0.15) is 19.4 Å². The predicted molar refractivity (Wildman–Crippen MR) is 70.3 cm³/mol. The van der Waals surface area contributed by atoms with Crippen LogP contribution >= 0.6 is 0 Å². The van der Waals surface area contributed by atoms with Crippen molar-refractivity contribution in [2.45, 2.75) is 20.4 Å². The standard InChI is InChI=1S/C12H18FNO4S/c1-4-14(5-2)9-10-8-11(17-3)6-7-12(10)18-19(13,15)16/h6-8H,4-5,9H2,1-3H3. The molecule has 0 saturated carbocycles. The van der Waals surface area contributed by atoms with E-state index in [0.29, 0.717) is 17.9 Å². The van der Waals surface area contributed by atoms with Gasteiger partial charge in [0.05, 0.1) is 7.11 Å². The Morgan fingerprint density at radius 1 is 1.26 bits per heavy atom. The molecule has 19 heavy (non-hydrogen) atoms. The van der Waals surface area contributed by atoms with Crippen molar-refractivity contribution < 1.29 is 21.2 Å². The second kappa shape index (κ2) is 6.72. The summed E-state index contributed by atoms with van der Waals surface area (Å²) in [6, 6.07) is 4.54. The molecule has 0 aliphatic carbocycles. The van der Waals surface area contributed by atoms with Crippen molar-refractivity contribution in [1.82, 2.24) is 4.90 Å². The zero-order valence-corrected chi connectivity index (χ0v) is 12.0. The molecule has 1 aromatic carbocycles. The number of benzene rings is 1. The zero-order chi connectivity index (χ0) is 14.5. The van der Waals surface area contributed by atoms with Crippen LogP contribution in [0, 0.1) is 0 Å². The van der Waals surface area contributed by atoms with Gasteiger partial charge < -0.3 is 8.92 Å². The first-order chi connectivity index (χ1) is 8.89. The van der Waals surface area contributed by atoms with Crippen molar-refractivity contribution in [3.05, 3.63) is 23.8 Å². The highest BCUT2D eigenvalue weighted by Crippen LogP contribution is 2.27. The number of hydrogen-bond acceptors (Lipinski definition) is 5. The molecule has 0 saturated heterocycles. The number of nitrogens with zero attached hydrogens (tertiary/aromatic N) is 1. The lowest BCUT2D eigenvalue weighted by molar-refractivity contribution is 0.292. The van der Waals surface area contributed by atoms with Gasteiger partial charge in [-0.15, -0.1) is 0 Å². The van der Waals surface area contributed by atoms with Gasteiger partial charge >= 0.3 is 10.5 Å². The molecular formula is C12H18FNO4S. The Balaban J connectivity index is 3.08. The van der Waals surface area contributed by atoms with Gasteiger partial charge in [-0.1, -0.05) is 17.7 Å². The van der Waals surface area contributed by atoms with Crippen LogP contribution in [0.15, 0.2) is 18.2 Å². The van der Waals surface area contributed by atoms with Gasteiger partial charge in [0.25, 0.3) is 0 Å². The van der Waals surface area contributed by atoms with Crippen LogP contribution in [0.2, 0.25) is 0 Å². The molecule has 0 aliphatic heterocycles. The maximum atomic E-state index is 12.6. The first-order valence-corrected chi connectivity index (χ1v) is 7.23. The monoisotopic (exact) mass is 291 g/mol. The van der Waals surface area contributed by atoms with Gasteiger partial charge in [-0.2, -0.15) is 8.42 Å². The second-order valence-corrected chi connectivity index (χ2v) is 4.86. The quantitative estimate of drug-likeness (QED) is 0.720. The molecule has 0 unspecified atom stereocenters. The Morgan fingerprint density at radius 3 is 2.37 bits per heavy atom. The molecule has 0 N–H and O–H groups in total. The van der Waals surface area contributed by atoms with Crippen molar-refractivity contribution in [2.24, 2.45) is 0 Å². The fourth-order valence-corrected chi connectivity index (χ4v) is 2.06. The van der Waals surface area contributed by atoms with Gasteiger partial charge in [-0.25, -0.2) is 0 Å². The van der Waals surface area contributed by atoms with E-state index in [2.05, 4.69) is 4.18 Å². The lowest BCUT2D eigenvalue weighted by atomic mass is 10.1. The summed E-state index contributed by atoms with van der Waals surface area (Å²) in [5.41, 5.74) is 0.560. The van der Waals surface area contributed by atoms with Crippen LogP contribution in [0.3, 0.4) is 0 Å². The molecule has 0 aromatic heterocycles. The summed E-state index contributed by atoms with van der Waals surface area (Å²) in [6.07, 6.45) is 0. The number of halogens is 1. The molecule has 1 rings (SSSR count).